The van der Waals surface area contributed by atoms with E-state index in [0.717, 1.165) is 29.3 Å². The molecule has 1 aliphatic rings. The molecule has 2 aromatic heterocycles. The summed E-state index contributed by atoms with van der Waals surface area (Å²) in [4.78, 5) is 16.9. The highest BCUT2D eigenvalue weighted by molar-refractivity contribution is 7.13. The number of morpholine rings is 1. The summed E-state index contributed by atoms with van der Waals surface area (Å²) in [6.45, 7) is 3.01. The number of rotatable bonds is 5. The number of thiophene rings is 1. The second kappa shape index (κ2) is 7.63. The first kappa shape index (κ1) is 16.7. The van der Waals surface area contributed by atoms with E-state index in [4.69, 9.17) is 4.74 Å². The van der Waals surface area contributed by atoms with Crippen molar-refractivity contribution in [3.8, 4) is 10.7 Å². The molecule has 0 atom stereocenters. The fraction of sp³-hybridized carbons (Fsp3) is 0.294. The summed E-state index contributed by atoms with van der Waals surface area (Å²) in [7, 11) is 0. The molecule has 1 aromatic carbocycles. The van der Waals surface area contributed by atoms with Crippen LogP contribution in [0.1, 0.15) is 0 Å². The maximum Gasteiger partial charge on any atom is 0.248 e. The van der Waals surface area contributed by atoms with Crippen LogP contribution in [0.3, 0.4) is 0 Å². The first-order valence-electron chi connectivity index (χ1n) is 8.33. The molecule has 0 spiro atoms. The van der Waals surface area contributed by atoms with Crippen molar-refractivity contribution < 1.29 is 9.53 Å². The van der Waals surface area contributed by atoms with Gasteiger partial charge in [0.25, 0.3) is 0 Å². The zero-order valence-corrected chi connectivity index (χ0v) is 14.9. The molecule has 0 saturated carbocycles. The van der Waals surface area contributed by atoms with Gasteiger partial charge in [-0.1, -0.05) is 18.2 Å². The highest BCUT2D eigenvalue weighted by Crippen LogP contribution is 2.26. The van der Waals surface area contributed by atoms with Gasteiger partial charge in [0, 0.05) is 13.1 Å². The summed E-state index contributed by atoms with van der Waals surface area (Å²) in [5.41, 5.74) is 1.77. The maximum absolute atomic E-state index is 12.4. The summed E-state index contributed by atoms with van der Waals surface area (Å²) < 4.78 is 5.40. The number of para-hydroxylation sites is 2. The van der Waals surface area contributed by atoms with Crippen LogP contribution in [-0.2, 0) is 16.1 Å². The van der Waals surface area contributed by atoms with Crippen molar-refractivity contribution in [3.63, 3.8) is 0 Å². The molecule has 1 fully saturated rings. The van der Waals surface area contributed by atoms with Gasteiger partial charge in [-0.3, -0.25) is 4.79 Å². The predicted molar refractivity (Wildman–Crippen MR) is 99.2 cm³/mol. The summed E-state index contributed by atoms with van der Waals surface area (Å²) >= 11 is 1.53. The van der Waals surface area contributed by atoms with E-state index in [0.29, 0.717) is 19.0 Å². The van der Waals surface area contributed by atoms with Gasteiger partial charge < -0.3 is 15.0 Å². The van der Waals surface area contributed by atoms with Crippen LogP contribution in [0.15, 0.2) is 41.8 Å². The lowest BCUT2D eigenvalue weighted by molar-refractivity contribution is -0.117. The van der Waals surface area contributed by atoms with Gasteiger partial charge in [0.2, 0.25) is 11.7 Å². The van der Waals surface area contributed by atoms with E-state index in [1.54, 1.807) is 0 Å². The number of anilines is 2. The lowest BCUT2D eigenvalue weighted by Crippen LogP contribution is -2.36. The first-order chi connectivity index (χ1) is 12.8. The molecular weight excluding hydrogens is 352 g/mol. The molecule has 0 bridgehead atoms. The maximum atomic E-state index is 12.4. The third kappa shape index (κ3) is 3.73. The molecule has 1 N–H and O–H groups in total. The minimum Gasteiger partial charge on any atom is -0.378 e. The summed E-state index contributed by atoms with van der Waals surface area (Å²) in [6.07, 6.45) is 0. The van der Waals surface area contributed by atoms with E-state index >= 15 is 0 Å². The van der Waals surface area contributed by atoms with Crippen molar-refractivity contribution in [2.45, 2.75) is 6.54 Å². The predicted octanol–water partition coefficient (Wildman–Crippen LogP) is 1.88. The van der Waals surface area contributed by atoms with E-state index < -0.39 is 0 Å². The van der Waals surface area contributed by atoms with Crippen molar-refractivity contribution in [1.29, 1.82) is 0 Å². The number of benzene rings is 1. The number of aromatic nitrogens is 4. The summed E-state index contributed by atoms with van der Waals surface area (Å²) in [5, 5.41) is 17.1. The molecule has 3 aromatic rings. The van der Waals surface area contributed by atoms with Crippen molar-refractivity contribution >= 4 is 28.6 Å². The Morgan fingerprint density at radius 2 is 2.04 bits per heavy atom. The van der Waals surface area contributed by atoms with E-state index in [1.807, 2.05) is 41.8 Å². The number of carbonyl (C=O) groups excluding carboxylic acids is 1. The molecule has 0 unspecified atom stereocenters. The van der Waals surface area contributed by atoms with Gasteiger partial charge in [0.1, 0.15) is 6.54 Å². The van der Waals surface area contributed by atoms with Crippen molar-refractivity contribution in [2.75, 3.05) is 36.5 Å². The molecule has 8 nitrogen and oxygen atoms in total. The highest BCUT2D eigenvalue weighted by atomic mass is 32.1. The molecule has 1 saturated heterocycles. The SMILES string of the molecule is O=C(Cn1nnc(-c2cccs2)n1)Nc1ccccc1N1CCOCC1. The second-order valence-electron chi connectivity index (χ2n) is 5.79. The highest BCUT2D eigenvalue weighted by Gasteiger charge is 2.16. The molecule has 4 rings (SSSR count). The number of amides is 1. The lowest BCUT2D eigenvalue weighted by atomic mass is 10.2. The Morgan fingerprint density at radius 1 is 1.19 bits per heavy atom. The zero-order chi connectivity index (χ0) is 17.8. The smallest absolute Gasteiger partial charge is 0.248 e. The molecular formula is C17H18N6O2S. The van der Waals surface area contributed by atoms with Crippen LogP contribution in [0.2, 0.25) is 0 Å². The van der Waals surface area contributed by atoms with Gasteiger partial charge in [-0.2, -0.15) is 4.80 Å². The monoisotopic (exact) mass is 370 g/mol. The molecule has 1 amide bonds. The minimum atomic E-state index is -0.194. The normalized spacial score (nSPS) is 14.4. The largest absolute Gasteiger partial charge is 0.378 e. The average Bonchev–Trinajstić information content (AvgIpc) is 3.34. The molecule has 1 aliphatic heterocycles. The Labute approximate surface area is 154 Å². The third-order valence-corrected chi connectivity index (χ3v) is 4.88. The first-order valence-corrected chi connectivity index (χ1v) is 9.21. The second-order valence-corrected chi connectivity index (χ2v) is 6.73. The van der Waals surface area contributed by atoms with Crippen LogP contribution in [-0.4, -0.2) is 52.4 Å². The lowest BCUT2D eigenvalue weighted by Gasteiger charge is -2.30. The Balaban J connectivity index is 1.44. The summed E-state index contributed by atoms with van der Waals surface area (Å²) in [6, 6.07) is 11.6. The molecule has 26 heavy (non-hydrogen) atoms. The average molecular weight is 370 g/mol. The van der Waals surface area contributed by atoms with E-state index in [9.17, 15) is 4.79 Å². The van der Waals surface area contributed by atoms with Gasteiger partial charge in [-0.05, 0) is 28.8 Å². The Kier molecular flexibility index (Phi) is 4.89. The molecule has 134 valence electrons. The number of hydrogen-bond donors (Lipinski definition) is 1. The number of nitrogens with one attached hydrogen (secondary N) is 1. The Bertz CT molecular complexity index is 873. The Hall–Kier alpha value is -2.78. The Morgan fingerprint density at radius 3 is 2.85 bits per heavy atom. The van der Waals surface area contributed by atoms with Gasteiger partial charge in [0.05, 0.1) is 29.5 Å². The molecule has 0 aliphatic carbocycles. The number of hydrogen-bond acceptors (Lipinski definition) is 7. The van der Waals surface area contributed by atoms with E-state index in [1.165, 1.54) is 16.1 Å². The molecule has 9 heteroatoms. The van der Waals surface area contributed by atoms with Crippen LogP contribution in [0, 0.1) is 0 Å². The zero-order valence-electron chi connectivity index (χ0n) is 14.0. The number of tetrazole rings is 1. The van der Waals surface area contributed by atoms with E-state index in [-0.39, 0.29) is 12.5 Å². The van der Waals surface area contributed by atoms with Gasteiger partial charge in [-0.25, -0.2) is 0 Å². The summed E-state index contributed by atoms with van der Waals surface area (Å²) in [5.74, 6) is 0.336. The molecule has 3 heterocycles. The standard InChI is InChI=1S/C17H18N6O2S/c24-16(12-23-20-17(19-21-23)15-6-3-11-26-15)18-13-4-1-2-5-14(13)22-7-9-25-10-8-22/h1-6,11H,7-10,12H2,(H,18,24). The third-order valence-electron chi connectivity index (χ3n) is 4.01. The number of ether oxygens (including phenoxy) is 1. The van der Waals surface area contributed by atoms with Crippen LogP contribution >= 0.6 is 11.3 Å². The van der Waals surface area contributed by atoms with Crippen LogP contribution in [0.4, 0.5) is 11.4 Å². The van der Waals surface area contributed by atoms with Gasteiger partial charge in [0.15, 0.2) is 0 Å². The van der Waals surface area contributed by atoms with Gasteiger partial charge >= 0.3 is 0 Å². The van der Waals surface area contributed by atoms with Crippen molar-refractivity contribution in [2.24, 2.45) is 0 Å². The fourth-order valence-electron chi connectivity index (χ4n) is 2.79. The van der Waals surface area contributed by atoms with Crippen molar-refractivity contribution in [1.82, 2.24) is 20.2 Å². The van der Waals surface area contributed by atoms with E-state index in [2.05, 4.69) is 25.6 Å². The topological polar surface area (TPSA) is 85.2 Å². The number of carbonyl (C=O) groups is 1. The van der Waals surface area contributed by atoms with Gasteiger partial charge in [-0.15, -0.1) is 21.5 Å². The van der Waals surface area contributed by atoms with Crippen LogP contribution in [0.25, 0.3) is 10.7 Å². The molecule has 0 radical (unpaired) electrons. The minimum absolute atomic E-state index is 0.00974. The fourth-order valence-corrected chi connectivity index (χ4v) is 3.44. The van der Waals surface area contributed by atoms with Crippen LogP contribution in [0.5, 0.6) is 0 Å². The number of nitrogens with zero attached hydrogens (tertiary/aromatic N) is 5. The van der Waals surface area contributed by atoms with Crippen molar-refractivity contribution in [3.05, 3.63) is 41.8 Å². The quantitative estimate of drug-likeness (QED) is 0.738. The van der Waals surface area contributed by atoms with Crippen LogP contribution < -0.4 is 10.2 Å².